The number of aromatic nitrogens is 2. The molecule has 0 aliphatic carbocycles. The van der Waals surface area contributed by atoms with E-state index in [2.05, 4.69) is 10.1 Å². The number of nitrogen functional groups attached to an aromatic ring is 1. The maximum absolute atomic E-state index is 14.3. The summed E-state index contributed by atoms with van der Waals surface area (Å²) >= 11 is 6.01. The Balaban J connectivity index is 1.63. The van der Waals surface area contributed by atoms with Gasteiger partial charge in [-0.25, -0.2) is 9.36 Å². The number of fused-ring (bicyclic) bond motifs is 1. The molecular weight excluding hydrogens is 591 g/mol. The van der Waals surface area contributed by atoms with E-state index in [4.69, 9.17) is 45.3 Å². The molecule has 232 valence electrons. The average molecular weight is 629 g/mol. The molecule has 13 nitrogen and oxygen atoms in total. The van der Waals surface area contributed by atoms with Gasteiger partial charge in [-0.15, -0.1) is 0 Å². The van der Waals surface area contributed by atoms with Gasteiger partial charge in [0.15, 0.2) is 12.0 Å². The second kappa shape index (κ2) is 12.6. The summed E-state index contributed by atoms with van der Waals surface area (Å²) < 4.78 is 51.2. The first-order valence-electron chi connectivity index (χ1n) is 13.7. The van der Waals surface area contributed by atoms with Gasteiger partial charge in [0, 0.05) is 11.2 Å². The summed E-state index contributed by atoms with van der Waals surface area (Å²) in [5, 5.41) is 3.23. The summed E-state index contributed by atoms with van der Waals surface area (Å²) in [6, 6.07) is 6.67. The molecule has 0 amide bonds. The highest BCUT2D eigenvalue weighted by molar-refractivity contribution is 7.52. The summed E-state index contributed by atoms with van der Waals surface area (Å²) in [5.74, 6) is -1.32. The minimum atomic E-state index is -4.26. The van der Waals surface area contributed by atoms with Crippen LogP contribution in [0.25, 0.3) is 0 Å². The zero-order chi connectivity index (χ0) is 30.9. The number of nitrogens with one attached hydrogen (secondary N) is 1. The Kier molecular flexibility index (Phi) is 9.73. The molecule has 0 saturated carbocycles. The lowest BCUT2D eigenvalue weighted by molar-refractivity contribution is -0.217. The van der Waals surface area contributed by atoms with E-state index in [1.165, 1.54) is 29.0 Å². The van der Waals surface area contributed by atoms with Crippen molar-refractivity contribution in [3.63, 3.8) is 0 Å². The monoisotopic (exact) mass is 628 g/mol. The SMILES string of the molecule is CCOC(=O)[C@H](CC(C)C)NP(=O)(OC[C@H]1O[C@@H](n2ccc(N)nc2=O)[C@]2(C)OC(C)(C)O[C@H]12)Oc1ccc(Cl)cc1. The molecule has 2 aliphatic rings. The molecule has 1 aromatic carbocycles. The number of nitrogens with two attached hydrogens (primary N) is 1. The average Bonchev–Trinajstić information content (AvgIpc) is 3.29. The Labute approximate surface area is 249 Å². The van der Waals surface area contributed by atoms with Crippen LogP contribution in [0.4, 0.5) is 5.82 Å². The molecule has 4 rings (SSSR count). The summed E-state index contributed by atoms with van der Waals surface area (Å²) in [6.07, 6.45) is -0.835. The predicted molar refractivity (Wildman–Crippen MR) is 154 cm³/mol. The van der Waals surface area contributed by atoms with E-state index in [9.17, 15) is 14.2 Å². The molecule has 2 saturated heterocycles. The van der Waals surface area contributed by atoms with Crippen LogP contribution in [-0.4, -0.2) is 58.4 Å². The number of benzene rings is 1. The highest BCUT2D eigenvalue weighted by Gasteiger charge is 2.64. The molecule has 6 atom stereocenters. The second-order valence-electron chi connectivity index (χ2n) is 11.2. The van der Waals surface area contributed by atoms with Crippen molar-refractivity contribution < 1.29 is 37.4 Å². The smallest absolute Gasteiger partial charge is 0.459 e. The van der Waals surface area contributed by atoms with Gasteiger partial charge in [-0.1, -0.05) is 25.4 Å². The Morgan fingerprint density at radius 3 is 2.55 bits per heavy atom. The first-order chi connectivity index (χ1) is 19.6. The highest BCUT2D eigenvalue weighted by atomic mass is 35.5. The molecule has 0 radical (unpaired) electrons. The fourth-order valence-electron chi connectivity index (χ4n) is 5.12. The molecule has 3 heterocycles. The van der Waals surface area contributed by atoms with Crippen LogP contribution >= 0.6 is 19.3 Å². The summed E-state index contributed by atoms with van der Waals surface area (Å²) in [4.78, 5) is 29.3. The van der Waals surface area contributed by atoms with Crippen molar-refractivity contribution in [1.82, 2.24) is 14.6 Å². The Morgan fingerprint density at radius 2 is 1.93 bits per heavy atom. The molecule has 1 unspecified atom stereocenters. The van der Waals surface area contributed by atoms with E-state index in [1.54, 1.807) is 39.8 Å². The van der Waals surface area contributed by atoms with Gasteiger partial charge in [0.05, 0.1) is 13.2 Å². The number of ether oxygens (including phenoxy) is 4. The zero-order valence-corrected chi connectivity index (χ0v) is 26.1. The number of hydrogen-bond donors (Lipinski definition) is 2. The van der Waals surface area contributed by atoms with E-state index < -0.39 is 55.3 Å². The van der Waals surface area contributed by atoms with Gasteiger partial charge >= 0.3 is 19.4 Å². The predicted octanol–water partition coefficient (Wildman–Crippen LogP) is 4.06. The number of rotatable bonds is 12. The summed E-state index contributed by atoms with van der Waals surface area (Å²) in [5.41, 5.74) is 3.89. The van der Waals surface area contributed by atoms with E-state index in [1.807, 2.05) is 13.8 Å². The largest absolute Gasteiger partial charge is 0.465 e. The molecular formula is C27H38ClN4O9P. The number of nitrogens with zero attached hydrogens (tertiary/aromatic N) is 2. The number of anilines is 1. The molecule has 2 fully saturated rings. The van der Waals surface area contributed by atoms with Gasteiger partial charge in [0.2, 0.25) is 0 Å². The minimum absolute atomic E-state index is 0.0496. The minimum Gasteiger partial charge on any atom is -0.465 e. The van der Waals surface area contributed by atoms with Crippen molar-refractivity contribution in [2.24, 2.45) is 5.92 Å². The van der Waals surface area contributed by atoms with Gasteiger partial charge < -0.3 is 29.2 Å². The first-order valence-corrected chi connectivity index (χ1v) is 15.6. The lowest BCUT2D eigenvalue weighted by Gasteiger charge is -2.30. The van der Waals surface area contributed by atoms with Crippen LogP contribution in [0, 0.1) is 5.92 Å². The third kappa shape index (κ3) is 7.34. The molecule has 3 N–H and O–H groups in total. The van der Waals surface area contributed by atoms with Gasteiger partial charge in [0.25, 0.3) is 0 Å². The third-order valence-corrected chi connectivity index (χ3v) is 8.54. The van der Waals surface area contributed by atoms with Crippen molar-refractivity contribution in [3.8, 4) is 5.75 Å². The fraction of sp³-hybridized carbons (Fsp3) is 0.593. The van der Waals surface area contributed by atoms with Gasteiger partial charge in [0.1, 0.15) is 35.4 Å². The third-order valence-electron chi connectivity index (χ3n) is 6.72. The molecule has 1 aromatic heterocycles. The maximum Gasteiger partial charge on any atom is 0.459 e. The quantitative estimate of drug-likeness (QED) is 0.256. The normalized spacial score (nSPS) is 26.9. The number of halogens is 1. The van der Waals surface area contributed by atoms with Crippen molar-refractivity contribution >= 4 is 31.1 Å². The van der Waals surface area contributed by atoms with E-state index >= 15 is 0 Å². The van der Waals surface area contributed by atoms with Crippen molar-refractivity contribution in [1.29, 1.82) is 0 Å². The van der Waals surface area contributed by atoms with E-state index in [0.717, 1.165) is 0 Å². The number of carbonyl (C=O) groups is 1. The maximum atomic E-state index is 14.3. The van der Waals surface area contributed by atoms with Crippen LogP contribution in [0.2, 0.25) is 5.02 Å². The molecule has 0 spiro atoms. The standard InChI is InChI=1S/C27H38ClN4O9P/c1-7-36-23(33)19(14-16(2)3)31-42(35,40-18-10-8-17(28)9-11-18)37-15-20-22-27(6,41-26(4,5)39-22)24(38-20)32-13-12-21(29)30-25(32)34/h8-13,16,19-20,22,24H,7,14-15H2,1-6H3,(H,31,35)(H2,29,30,34)/t19-,20+,22+,24+,27+,42?/m0/s1. The van der Waals surface area contributed by atoms with Crippen molar-refractivity contribution in [2.45, 2.75) is 83.8 Å². The number of carbonyl (C=O) groups excluding carboxylic acids is 1. The van der Waals surface area contributed by atoms with Gasteiger partial charge in [-0.05, 0) is 70.4 Å². The van der Waals surface area contributed by atoms with Crippen LogP contribution in [0.3, 0.4) is 0 Å². The Hall–Kier alpha value is -2.51. The Morgan fingerprint density at radius 1 is 1.24 bits per heavy atom. The summed E-state index contributed by atoms with van der Waals surface area (Å²) in [6.45, 7) is 10.6. The van der Waals surface area contributed by atoms with Crippen LogP contribution in [0.5, 0.6) is 5.75 Å². The molecule has 2 aliphatic heterocycles. The zero-order valence-electron chi connectivity index (χ0n) is 24.4. The topological polar surface area (TPSA) is 162 Å². The lowest BCUT2D eigenvalue weighted by atomic mass is 9.96. The van der Waals surface area contributed by atoms with E-state index in [-0.39, 0.29) is 30.7 Å². The fourth-order valence-corrected chi connectivity index (χ4v) is 6.76. The molecule has 2 aromatic rings. The van der Waals surface area contributed by atoms with Gasteiger partial charge in [-0.2, -0.15) is 10.1 Å². The molecule has 42 heavy (non-hydrogen) atoms. The van der Waals surface area contributed by atoms with Gasteiger partial charge in [-0.3, -0.25) is 13.9 Å². The van der Waals surface area contributed by atoms with E-state index in [0.29, 0.717) is 11.4 Å². The van der Waals surface area contributed by atoms with Crippen LogP contribution < -0.4 is 21.0 Å². The number of hydrogen-bond acceptors (Lipinski definition) is 11. The Bertz CT molecular complexity index is 1370. The molecule has 0 bridgehead atoms. The second-order valence-corrected chi connectivity index (χ2v) is 13.3. The van der Waals surface area contributed by atoms with Crippen molar-refractivity contribution in [3.05, 3.63) is 52.0 Å². The van der Waals surface area contributed by atoms with Crippen molar-refractivity contribution in [2.75, 3.05) is 18.9 Å². The van der Waals surface area contributed by atoms with Crippen LogP contribution in [0.1, 0.15) is 54.2 Å². The number of esters is 1. The lowest BCUT2D eigenvalue weighted by Crippen LogP contribution is -2.45. The highest BCUT2D eigenvalue weighted by Crippen LogP contribution is 2.52. The molecule has 15 heteroatoms. The summed E-state index contributed by atoms with van der Waals surface area (Å²) in [7, 11) is -4.26. The first kappa shape index (κ1) is 32.4. The van der Waals surface area contributed by atoms with Crippen LogP contribution in [0.15, 0.2) is 41.3 Å². The van der Waals surface area contributed by atoms with Crippen LogP contribution in [-0.2, 0) is 32.8 Å².